The molecule has 0 bridgehead atoms. The second-order valence-electron chi connectivity index (χ2n) is 17.4. The van der Waals surface area contributed by atoms with Gasteiger partial charge in [0.05, 0.1) is 62.6 Å². The van der Waals surface area contributed by atoms with Crippen LogP contribution in [-0.2, 0) is 30.7 Å². The number of hydrogen-bond donors (Lipinski definition) is 1. The van der Waals surface area contributed by atoms with E-state index in [1.165, 1.54) is 15.6 Å². The van der Waals surface area contributed by atoms with Crippen molar-refractivity contribution in [1.82, 2.24) is 9.99 Å². The van der Waals surface area contributed by atoms with E-state index in [2.05, 4.69) is 133 Å². The molecule has 12 nitrogen and oxygen atoms in total. The first-order valence-corrected chi connectivity index (χ1v) is 25.9. The molecule has 2 heterocycles. The number of alkyl carbamates (subject to hydrolysis) is 1. The predicted molar refractivity (Wildman–Crippen MR) is 284 cm³/mol. The molecule has 1 aliphatic rings. The number of rotatable bonds is 24. The number of pyridine rings is 1. The van der Waals surface area contributed by atoms with Crippen molar-refractivity contribution in [3.8, 4) is 17.6 Å². The number of nitrogens with one attached hydrogen (secondary N) is 1. The fourth-order valence-electron chi connectivity index (χ4n) is 8.64. The number of para-hydroxylation sites is 2. The Morgan fingerprint density at radius 1 is 0.831 bits per heavy atom. The molecule has 0 spiro atoms. The lowest BCUT2D eigenvalue weighted by Crippen LogP contribution is -2.42. The van der Waals surface area contributed by atoms with Gasteiger partial charge in [-0.2, -0.15) is 9.83 Å². The number of carbonyl (C=O) groups excluding carboxylic acids is 1. The Labute approximate surface area is 424 Å². The first kappa shape index (κ1) is 52.6. The molecule has 5 aromatic carbocycles. The number of allylic oxidation sites excluding steroid dienone is 2. The molecule has 0 aliphatic carbocycles. The van der Waals surface area contributed by atoms with Crippen LogP contribution in [0.4, 0.5) is 10.5 Å². The van der Waals surface area contributed by atoms with E-state index < -0.39 is 26.3 Å². The van der Waals surface area contributed by atoms with E-state index in [-0.39, 0.29) is 44.9 Å². The monoisotopic (exact) mass is 994 g/mol. The zero-order valence-corrected chi connectivity index (χ0v) is 43.4. The molecule has 0 saturated heterocycles. The van der Waals surface area contributed by atoms with Crippen LogP contribution in [0.3, 0.4) is 0 Å². The van der Waals surface area contributed by atoms with E-state index in [9.17, 15) is 10.1 Å². The van der Waals surface area contributed by atoms with Crippen LogP contribution in [0.25, 0.3) is 17.0 Å². The van der Waals surface area contributed by atoms with E-state index in [0.29, 0.717) is 24.5 Å². The number of aryl methyl sites for hydroxylation is 1. The number of ether oxygens (including phenoxy) is 4. The van der Waals surface area contributed by atoms with E-state index in [1.807, 2.05) is 84.9 Å². The number of carbonyl (C=O) groups is 1. The highest BCUT2D eigenvalue weighted by atomic mass is 32.2. The lowest BCUT2D eigenvalue weighted by molar-refractivity contribution is -0.672. The molecule has 0 saturated carbocycles. The number of thioether (sulfide) groups is 1. The van der Waals surface area contributed by atoms with Crippen LogP contribution in [0.15, 0.2) is 162 Å². The third-order valence-electron chi connectivity index (χ3n) is 12.1. The number of benzene rings is 5. The summed E-state index contributed by atoms with van der Waals surface area (Å²) in [5, 5.41) is 14.7. The summed E-state index contributed by atoms with van der Waals surface area (Å²) in [5.74, 6) is 1.41. The van der Waals surface area contributed by atoms with Crippen LogP contribution in [0.5, 0.6) is 11.5 Å². The molecule has 1 aromatic heterocycles. The molecule has 1 N–H and O–H groups in total. The number of hydrogen-bond acceptors (Lipinski definition) is 11. The van der Waals surface area contributed by atoms with Crippen LogP contribution >= 0.6 is 20.3 Å². The van der Waals surface area contributed by atoms with Gasteiger partial charge in [-0.05, 0) is 98.5 Å². The highest BCUT2D eigenvalue weighted by Gasteiger charge is 2.40. The van der Waals surface area contributed by atoms with Crippen LogP contribution in [-0.4, -0.2) is 76.6 Å². The van der Waals surface area contributed by atoms with Crippen LogP contribution in [0.1, 0.15) is 62.8 Å². The molecular weight excluding hydrogens is 930 g/mol. The summed E-state index contributed by atoms with van der Waals surface area (Å²) < 4.78 is 41.9. The summed E-state index contributed by atoms with van der Waals surface area (Å²) in [6, 6.07) is 46.9. The van der Waals surface area contributed by atoms with Crippen LogP contribution in [0.2, 0.25) is 0 Å². The van der Waals surface area contributed by atoms with Crippen molar-refractivity contribution in [2.24, 2.45) is 0 Å². The third-order valence-corrected chi connectivity index (χ3v) is 15.4. The van der Waals surface area contributed by atoms with E-state index >= 15 is 0 Å². The van der Waals surface area contributed by atoms with Gasteiger partial charge >= 0.3 is 6.09 Å². The lowest BCUT2D eigenvalue weighted by Gasteiger charge is -2.39. The number of fused-ring (bicyclic) bond motifs is 2. The van der Waals surface area contributed by atoms with E-state index in [0.717, 1.165) is 33.2 Å². The summed E-state index contributed by atoms with van der Waals surface area (Å²) in [4.78, 5) is 17.1. The molecule has 14 heteroatoms. The number of aromatic nitrogens is 1. The van der Waals surface area contributed by atoms with Gasteiger partial charge in [0.2, 0.25) is 5.52 Å². The van der Waals surface area contributed by atoms with Crippen molar-refractivity contribution >= 4 is 49.0 Å². The Kier molecular flexibility index (Phi) is 19.1. The Morgan fingerprint density at radius 2 is 1.46 bits per heavy atom. The molecule has 0 radical (unpaired) electrons. The van der Waals surface area contributed by atoms with Gasteiger partial charge in [0.15, 0.2) is 12.7 Å². The quantitative estimate of drug-likeness (QED) is 0.0270. The number of amides is 1. The van der Waals surface area contributed by atoms with Crippen molar-refractivity contribution in [1.29, 1.82) is 5.26 Å². The lowest BCUT2D eigenvalue weighted by atomic mass is 9.80. The van der Waals surface area contributed by atoms with E-state index in [1.54, 1.807) is 26.0 Å². The second-order valence-corrected chi connectivity index (χ2v) is 19.9. The van der Waals surface area contributed by atoms with Gasteiger partial charge in [0.1, 0.15) is 23.2 Å². The van der Waals surface area contributed by atoms with Gasteiger partial charge in [-0.25, -0.2) is 9.46 Å². The van der Waals surface area contributed by atoms with Crippen LogP contribution in [0, 0.1) is 11.3 Å². The maximum Gasteiger partial charge on any atom is 0.407 e. The fourth-order valence-corrected chi connectivity index (χ4v) is 11.4. The van der Waals surface area contributed by atoms with Crippen molar-refractivity contribution in [2.45, 2.75) is 75.8 Å². The summed E-state index contributed by atoms with van der Waals surface area (Å²) in [6.45, 7) is 9.43. The van der Waals surface area contributed by atoms with Gasteiger partial charge < -0.3 is 38.2 Å². The SMILES string of the molecule is COc1ccc(C(OCC(CNC(=O)OCCC[n+]2ccc(C=CC=C3Sc4ccccc4N3C)c3ccccc32)OP(OCCC#N)N(C(C)C)C(C)C)(c2ccccc2)c2ccc(OC)cc2)cc1. The molecule has 6 aromatic rings. The average Bonchev–Trinajstić information content (AvgIpc) is 3.71. The van der Waals surface area contributed by atoms with Crippen molar-refractivity contribution in [3.63, 3.8) is 0 Å². The fraction of sp³-hybridized carbons (Fsp3) is 0.316. The van der Waals surface area contributed by atoms with Crippen molar-refractivity contribution in [2.75, 3.05) is 52.5 Å². The van der Waals surface area contributed by atoms with Gasteiger partial charge in [0.25, 0.3) is 8.53 Å². The normalized spacial score (nSPS) is 14.0. The predicted octanol–water partition coefficient (Wildman–Crippen LogP) is 12.0. The minimum absolute atomic E-state index is 0.0222. The van der Waals surface area contributed by atoms with Crippen LogP contribution < -0.4 is 24.3 Å². The first-order chi connectivity index (χ1) is 34.6. The van der Waals surface area contributed by atoms with Crippen molar-refractivity contribution < 1.29 is 37.4 Å². The number of nitriles is 1. The van der Waals surface area contributed by atoms with Gasteiger partial charge in [-0.15, -0.1) is 0 Å². The smallest absolute Gasteiger partial charge is 0.407 e. The largest absolute Gasteiger partial charge is 0.497 e. The highest BCUT2D eigenvalue weighted by Crippen LogP contribution is 2.48. The maximum absolute atomic E-state index is 13.6. The Bertz CT molecular complexity index is 2710. The molecule has 370 valence electrons. The average molecular weight is 995 g/mol. The zero-order valence-electron chi connectivity index (χ0n) is 41.7. The number of methoxy groups -OCH3 is 2. The number of nitrogens with zero attached hydrogens (tertiary/aromatic N) is 4. The standard InChI is InChI=1S/C57H64N5O7PS/c1-42(2)62(43(3)4)70(68-39-16-35-58)69-50(41-67-57(45-19-9-8-10-20-45,46-26-30-48(64-6)31-27-46)47-28-32-49(65-7)33-29-47)40-59-56(63)66-38-17-36-61-37-34-44(51-21-11-12-22-52(51)61)18-15-25-55-60(5)53-23-13-14-24-54(53)71-55/h8-15,18-34,37,42-43,50H,16-17,36,38-41H2,1-7H3/p+1. The van der Waals surface area contributed by atoms with Gasteiger partial charge in [-0.3, -0.25) is 0 Å². The molecule has 2 unspecified atom stereocenters. The second kappa shape index (κ2) is 25.8. The Hall–Kier alpha value is -6.23. The van der Waals surface area contributed by atoms with Gasteiger partial charge in [0, 0.05) is 49.1 Å². The highest BCUT2D eigenvalue weighted by molar-refractivity contribution is 8.03. The van der Waals surface area contributed by atoms with Gasteiger partial charge in [-0.1, -0.05) is 103 Å². The summed E-state index contributed by atoms with van der Waals surface area (Å²) in [5.41, 5.74) is 4.87. The molecule has 71 heavy (non-hydrogen) atoms. The summed E-state index contributed by atoms with van der Waals surface area (Å²) in [7, 11) is 3.66. The molecule has 2 atom stereocenters. The number of anilines is 1. The topological polar surface area (TPSA) is 119 Å². The molecule has 1 aliphatic heterocycles. The molecule has 0 fully saturated rings. The maximum atomic E-state index is 13.6. The first-order valence-electron chi connectivity index (χ1n) is 24.0. The molecular formula is C57H65N5O7PS+. The van der Waals surface area contributed by atoms with Crippen molar-refractivity contribution in [3.05, 3.63) is 179 Å². The Morgan fingerprint density at radius 3 is 2.11 bits per heavy atom. The third kappa shape index (κ3) is 13.2. The minimum atomic E-state index is -1.72. The van der Waals surface area contributed by atoms with E-state index in [4.69, 9.17) is 28.0 Å². The summed E-state index contributed by atoms with van der Waals surface area (Å²) >= 11 is 1.77. The Balaban J connectivity index is 1.08. The summed E-state index contributed by atoms with van der Waals surface area (Å²) in [6.07, 6.45) is 8.00. The molecule has 1 amide bonds. The minimum Gasteiger partial charge on any atom is -0.497 e. The molecule has 7 rings (SSSR count). The zero-order chi connectivity index (χ0) is 50.2.